The molecule has 0 heterocycles. The number of phenolic OH excluding ortho intramolecular Hbond substituents is 1. The van der Waals surface area contributed by atoms with Gasteiger partial charge in [-0.2, -0.15) is 8.42 Å². The summed E-state index contributed by atoms with van der Waals surface area (Å²) < 4.78 is 31.0. The molecule has 2 rings (SSSR count). The molecule has 0 amide bonds. The summed E-state index contributed by atoms with van der Waals surface area (Å²) in [6, 6.07) is 8.86. The summed E-state index contributed by atoms with van der Waals surface area (Å²) in [5.41, 5.74) is 0. The molecule has 0 saturated carbocycles. The Kier molecular flexibility index (Phi) is 3.98. The van der Waals surface area contributed by atoms with Crippen molar-refractivity contribution in [3.05, 3.63) is 36.4 Å². The van der Waals surface area contributed by atoms with E-state index < -0.39 is 10.1 Å². The predicted molar refractivity (Wildman–Crippen MR) is 61.2 cm³/mol. The third-order valence-electron chi connectivity index (χ3n) is 2.10. The number of fused-ring (bicyclic) bond motifs is 1. The first-order chi connectivity index (χ1) is 6.98. The molecule has 0 unspecified atom stereocenters. The maximum atomic E-state index is 11.0. The van der Waals surface area contributed by atoms with Gasteiger partial charge in [-0.05, 0) is 23.6 Å². The Morgan fingerprint density at radius 2 is 1.75 bits per heavy atom. The fourth-order valence-corrected chi connectivity index (χ4v) is 2.16. The second-order valence-corrected chi connectivity index (χ2v) is 4.53. The number of rotatable bonds is 1. The number of benzene rings is 2. The summed E-state index contributed by atoms with van der Waals surface area (Å²) in [7, 11) is -4.26. The van der Waals surface area contributed by atoms with Crippen molar-refractivity contribution < 1.29 is 18.1 Å². The van der Waals surface area contributed by atoms with E-state index in [0.717, 1.165) is 0 Å². The third-order valence-corrected chi connectivity index (χ3v) is 3.02. The number of aromatic hydroxyl groups is 1. The molecule has 79 valence electrons. The van der Waals surface area contributed by atoms with Crippen molar-refractivity contribution in [2.45, 2.75) is 4.90 Å². The smallest absolute Gasteiger partial charge is 0.295 e. The molecular weight excluding hydrogens is 239 g/mol. The molecule has 0 bridgehead atoms. The van der Waals surface area contributed by atoms with Gasteiger partial charge in [0.2, 0.25) is 0 Å². The first-order valence-electron chi connectivity index (χ1n) is 4.18. The summed E-state index contributed by atoms with van der Waals surface area (Å²) in [4.78, 5) is -0.198. The summed E-state index contributed by atoms with van der Waals surface area (Å²) >= 11 is 0. The molecule has 0 aliphatic rings. The van der Waals surface area contributed by atoms with Gasteiger partial charge in [0, 0.05) is 34.9 Å². The average Bonchev–Trinajstić information content (AvgIpc) is 2.15. The van der Waals surface area contributed by atoms with Gasteiger partial charge >= 0.3 is 0 Å². The van der Waals surface area contributed by atoms with E-state index in [2.05, 4.69) is 0 Å². The molecule has 16 heavy (non-hydrogen) atoms. The minimum absolute atomic E-state index is 0. The second kappa shape index (κ2) is 4.73. The largest absolute Gasteiger partial charge is 0.508 e. The zero-order valence-electron chi connectivity index (χ0n) is 8.58. The van der Waals surface area contributed by atoms with Crippen LogP contribution < -0.4 is 0 Å². The monoisotopic (exact) mass is 247 g/mol. The van der Waals surface area contributed by atoms with Crippen molar-refractivity contribution in [3.63, 3.8) is 0 Å². The van der Waals surface area contributed by atoms with Gasteiger partial charge in [0.05, 0.1) is 0 Å². The van der Waals surface area contributed by atoms with Gasteiger partial charge in [-0.3, -0.25) is 4.55 Å². The van der Waals surface area contributed by atoms with Crippen LogP contribution in [0.3, 0.4) is 0 Å². The summed E-state index contributed by atoms with van der Waals surface area (Å²) in [5.74, 6) is -0.0430. The van der Waals surface area contributed by atoms with E-state index in [1.165, 1.54) is 24.3 Å². The maximum Gasteiger partial charge on any atom is 0.295 e. The zero-order chi connectivity index (χ0) is 11.1. The van der Waals surface area contributed by atoms with Gasteiger partial charge in [-0.25, -0.2) is 0 Å². The standard InChI is InChI=1S/C10H8O4S.Na/c11-8-5-4-7-2-1-3-10(9(7)6-8)15(12,13)14;/h1-6,11H,(H,12,13,14);. The van der Waals surface area contributed by atoms with Crippen molar-refractivity contribution >= 4 is 50.4 Å². The van der Waals surface area contributed by atoms with Crippen LogP contribution in [0.15, 0.2) is 41.3 Å². The molecular formula is C10H8NaO4S. The first-order valence-corrected chi connectivity index (χ1v) is 5.62. The molecule has 0 fully saturated rings. The van der Waals surface area contributed by atoms with Crippen LogP contribution >= 0.6 is 0 Å². The Bertz CT molecular complexity index is 622. The Labute approximate surface area is 115 Å². The van der Waals surface area contributed by atoms with Crippen molar-refractivity contribution in [3.8, 4) is 5.75 Å². The van der Waals surface area contributed by atoms with Crippen LogP contribution in [0.1, 0.15) is 0 Å². The fraction of sp³-hybridized carbons (Fsp3) is 0. The first kappa shape index (κ1) is 13.5. The van der Waals surface area contributed by atoms with E-state index in [1.54, 1.807) is 12.1 Å². The summed E-state index contributed by atoms with van der Waals surface area (Å²) in [5, 5.41) is 10.2. The molecule has 6 heteroatoms. The number of phenols is 1. The van der Waals surface area contributed by atoms with Crippen LogP contribution in [-0.2, 0) is 10.1 Å². The van der Waals surface area contributed by atoms with Crippen molar-refractivity contribution in [2.75, 3.05) is 0 Å². The molecule has 2 aromatic rings. The van der Waals surface area contributed by atoms with Gasteiger partial charge in [0.1, 0.15) is 10.6 Å². The predicted octanol–water partition coefficient (Wildman–Crippen LogP) is 1.41. The van der Waals surface area contributed by atoms with Crippen LogP contribution in [0.2, 0.25) is 0 Å². The van der Waals surface area contributed by atoms with Crippen LogP contribution in [0.4, 0.5) is 0 Å². The molecule has 0 aromatic heterocycles. The summed E-state index contributed by atoms with van der Waals surface area (Å²) in [6.45, 7) is 0. The van der Waals surface area contributed by atoms with Crippen molar-refractivity contribution in [2.24, 2.45) is 0 Å². The molecule has 0 saturated heterocycles. The van der Waals surface area contributed by atoms with E-state index in [4.69, 9.17) is 4.55 Å². The van der Waals surface area contributed by atoms with Crippen molar-refractivity contribution in [1.29, 1.82) is 0 Å². The molecule has 1 radical (unpaired) electrons. The third kappa shape index (κ3) is 2.56. The zero-order valence-corrected chi connectivity index (χ0v) is 11.4. The van der Waals surface area contributed by atoms with E-state index in [9.17, 15) is 13.5 Å². The van der Waals surface area contributed by atoms with Crippen LogP contribution in [0.5, 0.6) is 5.75 Å². The van der Waals surface area contributed by atoms with Crippen molar-refractivity contribution in [1.82, 2.24) is 0 Å². The molecule has 4 nitrogen and oxygen atoms in total. The number of hydrogen-bond acceptors (Lipinski definition) is 3. The minimum Gasteiger partial charge on any atom is -0.508 e. The van der Waals surface area contributed by atoms with Gasteiger partial charge in [-0.15, -0.1) is 0 Å². The fourth-order valence-electron chi connectivity index (χ4n) is 1.46. The Morgan fingerprint density at radius 1 is 1.06 bits per heavy atom. The molecule has 2 aromatic carbocycles. The van der Waals surface area contributed by atoms with Crippen LogP contribution in [0.25, 0.3) is 10.8 Å². The molecule has 2 N–H and O–H groups in total. The molecule has 0 atom stereocenters. The van der Waals surface area contributed by atoms with E-state index in [-0.39, 0.29) is 40.2 Å². The number of hydrogen-bond donors (Lipinski definition) is 2. The molecule has 0 aliphatic carbocycles. The van der Waals surface area contributed by atoms with E-state index >= 15 is 0 Å². The van der Waals surface area contributed by atoms with Gasteiger partial charge in [0.25, 0.3) is 10.1 Å². The van der Waals surface area contributed by atoms with Gasteiger partial charge < -0.3 is 5.11 Å². The van der Waals surface area contributed by atoms with Gasteiger partial charge in [0.15, 0.2) is 0 Å². The Morgan fingerprint density at radius 3 is 2.38 bits per heavy atom. The van der Waals surface area contributed by atoms with E-state index in [1.807, 2.05) is 0 Å². The topological polar surface area (TPSA) is 74.6 Å². The molecule has 0 aliphatic heterocycles. The molecule has 0 spiro atoms. The Balaban J connectivity index is 0.00000128. The quantitative estimate of drug-likeness (QED) is 0.590. The maximum absolute atomic E-state index is 11.0. The van der Waals surface area contributed by atoms with Gasteiger partial charge in [-0.1, -0.05) is 18.2 Å². The second-order valence-electron chi connectivity index (χ2n) is 3.14. The average molecular weight is 247 g/mol. The van der Waals surface area contributed by atoms with Crippen LogP contribution in [0, 0.1) is 0 Å². The SMILES string of the molecule is O=S(=O)(O)c1cccc2ccc(O)cc12.[Na]. The summed E-state index contributed by atoms with van der Waals surface area (Å²) in [6.07, 6.45) is 0. The van der Waals surface area contributed by atoms with E-state index in [0.29, 0.717) is 10.8 Å². The van der Waals surface area contributed by atoms with Crippen LogP contribution in [-0.4, -0.2) is 47.6 Å². The Hall–Kier alpha value is -0.590. The minimum atomic E-state index is -4.26. The normalized spacial score (nSPS) is 11.1.